The monoisotopic (exact) mass is 646 g/mol. The van der Waals surface area contributed by atoms with Crippen LogP contribution in [-0.4, -0.2) is 108 Å². The number of nitrogens with one attached hydrogen (secondary N) is 1. The van der Waals surface area contributed by atoms with Crippen LogP contribution in [0.5, 0.6) is 0 Å². The molecule has 2 saturated heterocycles. The molecule has 1 N–H and O–H groups in total. The Bertz CT molecular complexity index is 1160. The number of nitrogens with zero attached hydrogens (tertiary/aromatic N) is 3. The number of likely N-dealkylation sites (N-methyl/N-ethyl adjacent to an activating group) is 1. The van der Waals surface area contributed by atoms with Crippen molar-refractivity contribution >= 4 is 33.9 Å². The minimum Gasteiger partial charge on any atom is -0.356 e. The normalized spacial score (nSPS) is 20.3. The number of aryl methyl sites for hydroxylation is 2. The average Bonchev–Trinajstić information content (AvgIpc) is 3.68. The summed E-state index contributed by atoms with van der Waals surface area (Å²) in [4.78, 5) is 58.1. The van der Waals surface area contributed by atoms with E-state index >= 15 is 0 Å². The third-order valence-corrected chi connectivity index (χ3v) is 13.2. The number of unbranched alkanes of at least 4 members (excludes halogenated alkanes) is 2. The molecule has 0 radical (unpaired) electrons. The van der Waals surface area contributed by atoms with E-state index in [-0.39, 0.29) is 23.6 Å². The Morgan fingerprint density at radius 1 is 0.956 bits per heavy atom. The molecule has 10 heteroatoms. The van der Waals surface area contributed by atoms with E-state index in [2.05, 4.69) is 25.4 Å². The summed E-state index contributed by atoms with van der Waals surface area (Å²) < 4.78 is 6.04. The van der Waals surface area contributed by atoms with E-state index in [4.69, 9.17) is 4.18 Å². The number of hydrogen-bond donors (Lipinski definition) is 1. The van der Waals surface area contributed by atoms with Crippen LogP contribution >= 0.6 is 10.3 Å². The topological polar surface area (TPSA) is 99.3 Å². The molecule has 0 aliphatic carbocycles. The Kier molecular flexibility index (Phi) is 14.2. The lowest BCUT2D eigenvalue weighted by Gasteiger charge is -2.39. The molecule has 4 amide bonds. The largest absolute Gasteiger partial charge is 0.356 e. The lowest BCUT2D eigenvalue weighted by molar-refractivity contribution is -0.145. The van der Waals surface area contributed by atoms with Gasteiger partial charge in [-0.05, 0) is 84.1 Å². The van der Waals surface area contributed by atoms with E-state index in [0.717, 1.165) is 62.0 Å². The second kappa shape index (κ2) is 17.4. The highest BCUT2D eigenvalue weighted by Crippen LogP contribution is 2.50. The highest BCUT2D eigenvalue weighted by molar-refractivity contribution is 8.29. The first kappa shape index (κ1) is 36.9. The third-order valence-electron chi connectivity index (χ3n) is 9.29. The second-order valence-corrected chi connectivity index (χ2v) is 17.0. The molecule has 45 heavy (non-hydrogen) atoms. The van der Waals surface area contributed by atoms with Crippen LogP contribution < -0.4 is 5.32 Å². The van der Waals surface area contributed by atoms with E-state index in [1.165, 1.54) is 0 Å². The molecule has 0 aromatic heterocycles. The summed E-state index contributed by atoms with van der Waals surface area (Å²) in [5, 5.41) is 3.54. The molecule has 9 nitrogen and oxygen atoms in total. The molecule has 1 aromatic carbocycles. The number of rotatable bonds is 16. The van der Waals surface area contributed by atoms with Gasteiger partial charge < -0.3 is 24.2 Å². The highest BCUT2D eigenvalue weighted by atomic mass is 32.3. The van der Waals surface area contributed by atoms with Crippen LogP contribution in [0.25, 0.3) is 0 Å². The lowest BCUT2D eigenvalue weighted by atomic mass is 10.1. The van der Waals surface area contributed by atoms with E-state index < -0.39 is 22.4 Å². The van der Waals surface area contributed by atoms with Crippen molar-refractivity contribution in [2.45, 2.75) is 110 Å². The van der Waals surface area contributed by atoms with E-state index in [0.29, 0.717) is 56.3 Å². The molecular formula is C35H58N4O5S. The van der Waals surface area contributed by atoms with Gasteiger partial charge in [0.1, 0.15) is 12.1 Å². The number of hydrogen-bond acceptors (Lipinski definition) is 5. The van der Waals surface area contributed by atoms with Crippen molar-refractivity contribution in [3.8, 4) is 0 Å². The van der Waals surface area contributed by atoms with E-state index in [1.54, 1.807) is 21.7 Å². The summed E-state index contributed by atoms with van der Waals surface area (Å²) in [6.07, 6.45) is 8.92. The van der Waals surface area contributed by atoms with Crippen LogP contribution in [0.3, 0.4) is 0 Å². The predicted octanol–water partition coefficient (Wildman–Crippen LogP) is 5.22. The Hall–Kier alpha value is -2.59. The van der Waals surface area contributed by atoms with Gasteiger partial charge >= 0.3 is 0 Å². The molecule has 0 spiro atoms. The summed E-state index contributed by atoms with van der Waals surface area (Å²) >= 11 is 0. The lowest BCUT2D eigenvalue weighted by Crippen LogP contribution is -2.53. The molecule has 3 unspecified atom stereocenters. The zero-order chi connectivity index (χ0) is 33.1. The van der Waals surface area contributed by atoms with Crippen molar-refractivity contribution in [2.75, 3.05) is 51.8 Å². The maximum atomic E-state index is 13.7. The van der Waals surface area contributed by atoms with Gasteiger partial charge in [0.05, 0.1) is 6.61 Å². The summed E-state index contributed by atoms with van der Waals surface area (Å²) in [5.74, 6) is 0.823. The summed E-state index contributed by atoms with van der Waals surface area (Å²) in [5.41, 5.74) is 2.66. The zero-order valence-electron chi connectivity index (χ0n) is 28.9. The van der Waals surface area contributed by atoms with Gasteiger partial charge in [0, 0.05) is 56.2 Å². The van der Waals surface area contributed by atoms with Crippen LogP contribution in [0.2, 0.25) is 0 Å². The van der Waals surface area contributed by atoms with Crippen LogP contribution in [0.4, 0.5) is 0 Å². The Balaban J connectivity index is 1.40. The van der Waals surface area contributed by atoms with Crippen molar-refractivity contribution in [2.24, 2.45) is 0 Å². The standard InChI is InChI=1S/C35H58N4O5S/c1-8-44-45(7,26(2)3)22-14-18-36-32(40)17-10-9-11-19-37(6)34(42)30-15-12-21-39(30)35(43)31-16-13-20-38(31)33(41)29-24-27(4)23-28(5)25-29/h23-26,30-31H,8-22H2,1-7H3,(H,36,40). The Morgan fingerprint density at radius 3 is 2.24 bits per heavy atom. The molecule has 2 aliphatic heterocycles. The average molecular weight is 647 g/mol. The number of amides is 4. The van der Waals surface area contributed by atoms with Gasteiger partial charge in [0.25, 0.3) is 5.91 Å². The maximum absolute atomic E-state index is 13.7. The SMILES string of the molecule is CCOS(C)(CCCNC(=O)CCCCCN(C)C(=O)C1CCCN1C(=O)C1CCCN1C(=O)c1cc(C)cc(C)c1)C(C)C. The van der Waals surface area contributed by atoms with Crippen molar-refractivity contribution < 1.29 is 23.4 Å². The number of benzene rings is 1. The zero-order valence-corrected chi connectivity index (χ0v) is 29.7. The number of likely N-dealkylation sites (tertiary alicyclic amines) is 2. The first-order valence-corrected chi connectivity index (χ1v) is 19.2. The molecule has 3 atom stereocenters. The second-order valence-electron chi connectivity index (χ2n) is 13.2. The van der Waals surface area contributed by atoms with E-state index in [1.807, 2.05) is 39.0 Å². The molecule has 254 valence electrons. The molecule has 0 saturated carbocycles. The molecule has 1 aromatic rings. The fourth-order valence-electron chi connectivity index (χ4n) is 6.56. The van der Waals surface area contributed by atoms with E-state index in [9.17, 15) is 19.2 Å². The van der Waals surface area contributed by atoms with Crippen LogP contribution in [0.15, 0.2) is 18.2 Å². The summed E-state index contributed by atoms with van der Waals surface area (Å²) in [6, 6.07) is 4.80. The maximum Gasteiger partial charge on any atom is 0.254 e. The highest BCUT2D eigenvalue weighted by Gasteiger charge is 2.42. The molecular weight excluding hydrogens is 588 g/mol. The first-order chi connectivity index (χ1) is 21.4. The first-order valence-electron chi connectivity index (χ1n) is 17.0. The smallest absolute Gasteiger partial charge is 0.254 e. The summed E-state index contributed by atoms with van der Waals surface area (Å²) in [6.45, 7) is 13.5. The van der Waals surface area contributed by atoms with Crippen molar-refractivity contribution in [1.82, 2.24) is 20.0 Å². The van der Waals surface area contributed by atoms with Gasteiger partial charge in [0.2, 0.25) is 17.7 Å². The number of carbonyl (C=O) groups excluding carboxylic acids is 4. The fourth-order valence-corrected chi connectivity index (χ4v) is 8.68. The van der Waals surface area contributed by atoms with Gasteiger partial charge in [0.15, 0.2) is 0 Å². The third kappa shape index (κ3) is 10.2. The molecule has 2 aliphatic rings. The minimum absolute atomic E-state index is 0.0358. The van der Waals surface area contributed by atoms with Crippen molar-refractivity contribution in [3.05, 3.63) is 34.9 Å². The molecule has 2 fully saturated rings. The van der Waals surface area contributed by atoms with Gasteiger partial charge in [-0.3, -0.25) is 19.2 Å². The van der Waals surface area contributed by atoms with Gasteiger partial charge in [-0.2, -0.15) is 0 Å². The minimum atomic E-state index is -1.10. The van der Waals surface area contributed by atoms with Crippen molar-refractivity contribution in [1.29, 1.82) is 0 Å². The fraction of sp³-hybridized carbons (Fsp3) is 0.714. The Labute approximate surface area is 273 Å². The predicted molar refractivity (Wildman–Crippen MR) is 184 cm³/mol. The Morgan fingerprint density at radius 2 is 1.60 bits per heavy atom. The molecule has 3 rings (SSSR count). The molecule has 0 bridgehead atoms. The van der Waals surface area contributed by atoms with Crippen LogP contribution in [-0.2, 0) is 18.6 Å². The van der Waals surface area contributed by atoms with Gasteiger partial charge in [-0.15, -0.1) is 10.3 Å². The molecule has 2 heterocycles. The van der Waals surface area contributed by atoms with Crippen LogP contribution in [0.1, 0.15) is 100 Å². The van der Waals surface area contributed by atoms with Gasteiger partial charge in [-0.1, -0.05) is 37.5 Å². The van der Waals surface area contributed by atoms with Crippen molar-refractivity contribution in [3.63, 3.8) is 0 Å². The number of carbonyl (C=O) groups is 4. The summed E-state index contributed by atoms with van der Waals surface area (Å²) in [7, 11) is 0.700. The van der Waals surface area contributed by atoms with Gasteiger partial charge in [-0.25, -0.2) is 0 Å². The quantitative estimate of drug-likeness (QED) is 0.249. The van der Waals surface area contributed by atoms with Crippen LogP contribution in [0, 0.1) is 13.8 Å².